The number of carbonyl (C=O) groups is 11. The summed E-state index contributed by atoms with van der Waals surface area (Å²) < 4.78 is 24.4. The highest BCUT2D eigenvalue weighted by atomic mass is 16.6. The first-order valence-corrected chi connectivity index (χ1v) is 36.5. The van der Waals surface area contributed by atoms with Crippen molar-refractivity contribution in [3.63, 3.8) is 0 Å². The zero-order chi connectivity index (χ0) is 75.3. The van der Waals surface area contributed by atoms with Crippen molar-refractivity contribution >= 4 is 71.0 Å². The van der Waals surface area contributed by atoms with Crippen molar-refractivity contribution in [1.29, 1.82) is 0 Å². The lowest BCUT2D eigenvalue weighted by atomic mass is 9.89. The number of piperidine rings is 1. The SMILES string of the molecule is CC[C@H](C)[C@@H]([C@@H](CC(=O)N1CCC[C@H]1[C@H](OC)[C@@H](C)C(=O)N[C@@H](Cc1ccccc1)c1nnc(-c2ccccc2)o1)OC)N(C)C(=O)[C@@H](NC(=O)[C@@H]1[C@H]2CC[C@H](C2)N1C(=O)OCc1ccc(NC(=O)[C@H](CCCNC(N)=O)NC(=O)[C@@H](NC(=O)CCCCCN2C(=O)C=CC2=O)C(C)C)cc1)C(C)C. The first kappa shape index (κ1) is 80.1. The normalized spacial score (nSPS) is 19.5. The molecule has 2 bridgehead atoms. The Hall–Kier alpha value is -9.57. The largest absolute Gasteiger partial charge is 0.445 e. The molecular formula is C76H105N13O15. The van der Waals surface area contributed by atoms with Gasteiger partial charge in [-0.25, -0.2) is 9.59 Å². The summed E-state index contributed by atoms with van der Waals surface area (Å²) in [6, 6.07) is 18.7. The summed E-state index contributed by atoms with van der Waals surface area (Å²) in [5, 5.41) is 25.7. The van der Waals surface area contributed by atoms with E-state index < -0.39 is 102 Å². The van der Waals surface area contributed by atoms with E-state index in [-0.39, 0.29) is 105 Å². The molecule has 2 saturated heterocycles. The van der Waals surface area contributed by atoms with Crippen LogP contribution in [0.2, 0.25) is 0 Å². The Morgan fingerprint density at radius 2 is 1.41 bits per heavy atom. The number of methoxy groups -OCH3 is 2. The molecule has 0 spiro atoms. The number of amides is 12. The molecule has 13 atom stereocenters. The van der Waals surface area contributed by atoms with E-state index in [2.05, 4.69) is 42.1 Å². The molecule has 0 unspecified atom stereocenters. The predicted octanol–water partition coefficient (Wildman–Crippen LogP) is 6.89. The minimum Gasteiger partial charge on any atom is -0.445 e. The number of unbranched alkanes of at least 4 members (excludes halogenated alkanes) is 2. The number of ether oxygens (including phenoxy) is 3. The topological polar surface area (TPSA) is 366 Å². The molecule has 3 fully saturated rings. The van der Waals surface area contributed by atoms with Crippen LogP contribution in [0.1, 0.15) is 155 Å². The number of anilines is 1. The first-order valence-electron chi connectivity index (χ1n) is 36.5. The third-order valence-electron chi connectivity index (χ3n) is 20.5. The maximum absolute atomic E-state index is 15.0. The van der Waals surface area contributed by atoms with Gasteiger partial charge in [0, 0.05) is 83.2 Å². The second-order valence-electron chi connectivity index (χ2n) is 28.5. The van der Waals surface area contributed by atoms with E-state index >= 15 is 4.79 Å². The minimum atomic E-state index is -1.11. The molecule has 28 heteroatoms. The number of likely N-dealkylation sites (N-methyl/N-ethyl adjacent to an activating group) is 1. The number of rotatable bonds is 38. The highest BCUT2D eigenvalue weighted by molar-refractivity contribution is 6.12. The average molecular weight is 1440 g/mol. The quantitative estimate of drug-likeness (QED) is 0.0177. The third-order valence-corrected chi connectivity index (χ3v) is 20.5. The molecule has 3 aromatic carbocycles. The van der Waals surface area contributed by atoms with Crippen molar-refractivity contribution in [1.82, 2.24) is 56.4 Å². The number of benzene rings is 3. The van der Waals surface area contributed by atoms with Crippen LogP contribution in [0.5, 0.6) is 0 Å². The molecule has 104 heavy (non-hydrogen) atoms. The molecule has 28 nitrogen and oxygen atoms in total. The Balaban J connectivity index is 0.856. The highest BCUT2D eigenvalue weighted by Crippen LogP contribution is 2.43. The van der Waals surface area contributed by atoms with Crippen LogP contribution in [0.4, 0.5) is 15.3 Å². The molecule has 4 aromatic rings. The van der Waals surface area contributed by atoms with Crippen molar-refractivity contribution in [2.24, 2.45) is 35.3 Å². The average Bonchev–Trinajstić information content (AvgIpc) is 1.60. The number of urea groups is 1. The van der Waals surface area contributed by atoms with Gasteiger partial charge in [0.1, 0.15) is 36.8 Å². The van der Waals surface area contributed by atoms with Crippen LogP contribution in [-0.4, -0.2) is 190 Å². The van der Waals surface area contributed by atoms with Crippen molar-refractivity contribution in [3.8, 4) is 11.5 Å². The summed E-state index contributed by atoms with van der Waals surface area (Å²) in [7, 11) is 4.72. The van der Waals surface area contributed by atoms with Gasteiger partial charge >= 0.3 is 12.1 Å². The molecule has 4 heterocycles. The van der Waals surface area contributed by atoms with Crippen LogP contribution in [0.15, 0.2) is 101 Å². The number of fused-ring (bicyclic) bond motifs is 2. The zero-order valence-corrected chi connectivity index (χ0v) is 61.5. The van der Waals surface area contributed by atoms with E-state index in [1.54, 1.807) is 61.9 Å². The number of likely N-dealkylation sites (tertiary alicyclic amines) is 2. The molecule has 8 N–H and O–H groups in total. The van der Waals surface area contributed by atoms with Gasteiger partial charge in [-0.1, -0.05) is 122 Å². The van der Waals surface area contributed by atoms with Crippen LogP contribution in [0.3, 0.4) is 0 Å². The van der Waals surface area contributed by atoms with Crippen molar-refractivity contribution in [2.75, 3.05) is 46.2 Å². The Morgan fingerprint density at radius 3 is 2.06 bits per heavy atom. The molecule has 1 aromatic heterocycles. The van der Waals surface area contributed by atoms with Gasteiger partial charge in [0.2, 0.25) is 53.1 Å². The maximum Gasteiger partial charge on any atom is 0.411 e. The molecular weight excluding hydrogens is 1330 g/mol. The Kier molecular flexibility index (Phi) is 29.5. The van der Waals surface area contributed by atoms with E-state index in [0.29, 0.717) is 87.9 Å². The first-order chi connectivity index (χ1) is 49.8. The van der Waals surface area contributed by atoms with Gasteiger partial charge in [0.05, 0.1) is 36.6 Å². The Morgan fingerprint density at radius 1 is 0.731 bits per heavy atom. The zero-order valence-electron chi connectivity index (χ0n) is 61.5. The standard InChI is InChI=1S/C76H105N13O15/c1-11-47(6)65(58(101-9)43-62(93)87-40-22-28-57(87)67(102-10)48(7)68(94)81-56(41-49-23-15-12-16-24-49)73-85-84-72(104-73)51-25-17-13-18-26-51)86(8)74(98)64(46(4)5)83-71(97)66-52-32-35-54(42-52)89(66)76(100)103-44-50-30-33-53(34-31-50)79-69(95)55(27-21-38-78-75(77)99)80-70(96)63(45(2)3)82-59(90)29-19-14-20-39-88-60(91)36-37-61(88)92/h12-13,15-18,23-26,30-31,33-34,36-37,45-48,52,54-58,63-67H,11,14,19-22,27-29,32,35,38-44H2,1-10H3,(H,79,95)(H,80,96)(H,81,94)(H,82,90)(H,83,97)(H3,77,78,99)/t47-,48+,52-,54+,55-,56-,57-,58+,63-,64-,65-,66-,67+/m0/s1. The van der Waals surface area contributed by atoms with Crippen LogP contribution in [0, 0.1) is 29.6 Å². The smallest absolute Gasteiger partial charge is 0.411 e. The summed E-state index contributed by atoms with van der Waals surface area (Å²) in [6.07, 6.45) is 6.29. The number of hydrogen-bond acceptors (Lipinski definition) is 17. The molecule has 8 rings (SSSR count). The number of nitrogens with one attached hydrogen (secondary N) is 6. The van der Waals surface area contributed by atoms with Crippen LogP contribution in [0.25, 0.3) is 11.5 Å². The van der Waals surface area contributed by atoms with Crippen molar-refractivity contribution in [3.05, 3.63) is 114 Å². The summed E-state index contributed by atoms with van der Waals surface area (Å²) in [6.45, 7) is 13.5. The lowest BCUT2D eigenvalue weighted by molar-refractivity contribution is -0.148. The molecule has 564 valence electrons. The number of nitrogens with two attached hydrogens (primary N) is 1. The molecule has 3 aliphatic heterocycles. The summed E-state index contributed by atoms with van der Waals surface area (Å²) in [4.78, 5) is 155. The monoisotopic (exact) mass is 1440 g/mol. The fourth-order valence-electron chi connectivity index (χ4n) is 14.6. The van der Waals surface area contributed by atoms with Crippen LogP contribution >= 0.6 is 0 Å². The molecule has 1 aliphatic carbocycles. The number of hydrogen-bond donors (Lipinski definition) is 7. The van der Waals surface area contributed by atoms with E-state index in [9.17, 15) is 47.9 Å². The van der Waals surface area contributed by atoms with Gasteiger partial charge in [0.15, 0.2) is 0 Å². The lowest BCUT2D eigenvalue weighted by Crippen LogP contribution is -2.60. The number of carbonyl (C=O) groups excluding carboxylic acids is 11. The van der Waals surface area contributed by atoms with Gasteiger partial charge in [-0.05, 0) is 117 Å². The number of nitrogens with zero attached hydrogens (tertiary/aromatic N) is 6. The van der Waals surface area contributed by atoms with Gasteiger partial charge in [-0.2, -0.15) is 0 Å². The fraction of sp³-hybridized carbons (Fsp3) is 0.566. The van der Waals surface area contributed by atoms with Gasteiger partial charge in [0.25, 0.3) is 11.8 Å². The summed E-state index contributed by atoms with van der Waals surface area (Å²) in [5.74, 6) is -5.04. The highest BCUT2D eigenvalue weighted by Gasteiger charge is 2.53. The minimum absolute atomic E-state index is 0.0884. The lowest BCUT2D eigenvalue weighted by Gasteiger charge is -2.41. The number of aromatic nitrogens is 2. The number of imide groups is 1. The van der Waals surface area contributed by atoms with E-state index in [1.807, 2.05) is 88.4 Å². The van der Waals surface area contributed by atoms with Gasteiger partial charge in [-0.3, -0.25) is 53.0 Å². The van der Waals surface area contributed by atoms with Crippen LogP contribution in [-0.2, 0) is 70.4 Å². The fourth-order valence-corrected chi connectivity index (χ4v) is 14.6. The second-order valence-corrected chi connectivity index (χ2v) is 28.5. The number of primary amides is 1. The van der Waals surface area contributed by atoms with Crippen LogP contribution < -0.4 is 37.6 Å². The molecule has 0 radical (unpaired) electrons. The Bertz CT molecular complexity index is 3610. The van der Waals surface area contributed by atoms with Gasteiger partial charge < -0.3 is 66.1 Å². The van der Waals surface area contributed by atoms with E-state index in [1.165, 1.54) is 31.3 Å². The van der Waals surface area contributed by atoms with Crippen molar-refractivity contribution in [2.45, 2.75) is 206 Å². The van der Waals surface area contributed by atoms with E-state index in [4.69, 9.17) is 24.4 Å². The van der Waals surface area contributed by atoms with Gasteiger partial charge in [-0.15, -0.1) is 10.2 Å². The third kappa shape index (κ3) is 21.1. The Labute approximate surface area is 608 Å². The summed E-state index contributed by atoms with van der Waals surface area (Å²) in [5.41, 5.74) is 7.87. The van der Waals surface area contributed by atoms with Crippen molar-refractivity contribution < 1.29 is 71.4 Å². The predicted molar refractivity (Wildman–Crippen MR) is 386 cm³/mol. The molecule has 4 aliphatic rings. The van der Waals surface area contributed by atoms with E-state index in [0.717, 1.165) is 16.0 Å². The maximum atomic E-state index is 15.0. The molecule has 12 amide bonds. The molecule has 1 saturated carbocycles. The summed E-state index contributed by atoms with van der Waals surface area (Å²) >= 11 is 0. The second kappa shape index (κ2) is 38.3.